The normalized spacial score (nSPS) is 13.9. The third-order valence-electron chi connectivity index (χ3n) is 6.83. The van der Waals surface area contributed by atoms with E-state index < -0.39 is 7.37 Å². The minimum atomic E-state index is -2.91. The SMILES string of the molecule is CC(=O)[C@@H](CCOP(C)(=O)Cc1cc(C)c(Cc2ccc(O)c(C(C)C)c2)c(C)c1)c1cccc(Cl)c1. The van der Waals surface area contributed by atoms with Gasteiger partial charge in [-0.2, -0.15) is 0 Å². The second kappa shape index (κ2) is 12.4. The smallest absolute Gasteiger partial charge is 0.204 e. The van der Waals surface area contributed by atoms with E-state index in [9.17, 15) is 14.5 Å². The van der Waals surface area contributed by atoms with E-state index in [1.165, 1.54) is 5.56 Å². The molecule has 6 heteroatoms. The number of carbonyl (C=O) groups is 1. The summed E-state index contributed by atoms with van der Waals surface area (Å²) in [6.45, 7) is 11.8. The number of hydrogen-bond donors (Lipinski definition) is 1. The number of aryl methyl sites for hydroxylation is 2. The Balaban J connectivity index is 1.67. The lowest BCUT2D eigenvalue weighted by molar-refractivity contribution is -0.118. The predicted octanol–water partition coefficient (Wildman–Crippen LogP) is 8.56. The van der Waals surface area contributed by atoms with Crippen molar-refractivity contribution in [3.63, 3.8) is 0 Å². The third kappa shape index (κ3) is 8.04. The highest BCUT2D eigenvalue weighted by molar-refractivity contribution is 7.57. The van der Waals surface area contributed by atoms with Crippen LogP contribution in [0.4, 0.5) is 0 Å². The van der Waals surface area contributed by atoms with Crippen LogP contribution < -0.4 is 0 Å². The third-order valence-corrected chi connectivity index (χ3v) is 8.74. The predicted molar refractivity (Wildman–Crippen MR) is 154 cm³/mol. The summed E-state index contributed by atoms with van der Waals surface area (Å²) in [5, 5.41) is 10.7. The Bertz CT molecular complexity index is 1290. The summed E-state index contributed by atoms with van der Waals surface area (Å²) in [4.78, 5) is 12.2. The average Bonchev–Trinajstić information content (AvgIpc) is 2.79. The van der Waals surface area contributed by atoms with E-state index in [-0.39, 0.29) is 24.2 Å². The highest BCUT2D eigenvalue weighted by Crippen LogP contribution is 2.47. The number of Topliss-reactive ketones (excluding diaryl/α,β-unsaturated/α-hetero) is 1. The summed E-state index contributed by atoms with van der Waals surface area (Å²) in [5.41, 5.74) is 7.47. The maximum Gasteiger partial charge on any atom is 0.204 e. The maximum absolute atomic E-state index is 13.3. The van der Waals surface area contributed by atoms with E-state index in [1.807, 2.05) is 18.2 Å². The fraction of sp³-hybridized carbons (Fsp3) is 0.387. The van der Waals surface area contributed by atoms with Crippen LogP contribution in [0, 0.1) is 13.8 Å². The Morgan fingerprint density at radius 2 is 1.70 bits per heavy atom. The van der Waals surface area contributed by atoms with Crippen LogP contribution in [0.25, 0.3) is 0 Å². The van der Waals surface area contributed by atoms with Crippen LogP contribution in [0.5, 0.6) is 5.75 Å². The molecule has 1 N–H and O–H groups in total. The Kier molecular flexibility index (Phi) is 9.80. The molecule has 0 aliphatic rings. The summed E-state index contributed by atoms with van der Waals surface area (Å²) >= 11 is 6.10. The maximum atomic E-state index is 13.3. The molecule has 0 aliphatic heterocycles. The molecule has 0 bridgehead atoms. The molecule has 0 heterocycles. The van der Waals surface area contributed by atoms with Crippen molar-refractivity contribution in [2.75, 3.05) is 13.3 Å². The van der Waals surface area contributed by atoms with Gasteiger partial charge in [0.1, 0.15) is 11.5 Å². The zero-order valence-corrected chi connectivity index (χ0v) is 24.3. The van der Waals surface area contributed by atoms with Crippen molar-refractivity contribution in [1.29, 1.82) is 0 Å². The first-order valence-corrected chi connectivity index (χ1v) is 15.4. The van der Waals surface area contributed by atoms with Gasteiger partial charge in [-0.25, -0.2) is 0 Å². The van der Waals surface area contributed by atoms with E-state index in [4.69, 9.17) is 16.1 Å². The summed E-state index contributed by atoms with van der Waals surface area (Å²) in [5.74, 6) is 0.286. The molecule has 3 aromatic rings. The van der Waals surface area contributed by atoms with Crippen LogP contribution in [-0.4, -0.2) is 24.2 Å². The van der Waals surface area contributed by atoms with Gasteiger partial charge in [0, 0.05) is 23.8 Å². The number of ketones is 1. The molecule has 2 atom stereocenters. The first-order chi connectivity index (χ1) is 17.4. The number of halogens is 1. The summed E-state index contributed by atoms with van der Waals surface area (Å²) in [6, 6.07) is 17.3. The first kappa shape index (κ1) is 29.2. The Morgan fingerprint density at radius 3 is 2.30 bits per heavy atom. The summed E-state index contributed by atoms with van der Waals surface area (Å²) in [7, 11) is -2.91. The monoisotopic (exact) mass is 540 g/mol. The van der Waals surface area contributed by atoms with Gasteiger partial charge < -0.3 is 9.63 Å². The van der Waals surface area contributed by atoms with E-state index in [0.29, 0.717) is 23.4 Å². The lowest BCUT2D eigenvalue weighted by atomic mass is 9.92. The van der Waals surface area contributed by atoms with Gasteiger partial charge in [0.25, 0.3) is 0 Å². The fourth-order valence-corrected chi connectivity index (χ4v) is 6.53. The second-order valence-corrected chi connectivity index (χ2v) is 13.5. The van der Waals surface area contributed by atoms with Crippen LogP contribution in [0.2, 0.25) is 5.02 Å². The Morgan fingerprint density at radius 1 is 1.03 bits per heavy atom. The molecule has 0 saturated carbocycles. The zero-order valence-electron chi connectivity index (χ0n) is 22.7. The lowest BCUT2D eigenvalue weighted by Crippen LogP contribution is -2.12. The molecule has 37 heavy (non-hydrogen) atoms. The van der Waals surface area contributed by atoms with Crippen LogP contribution in [-0.2, 0) is 26.5 Å². The molecular formula is C31H38ClO4P. The molecule has 1 unspecified atom stereocenters. The number of carbonyl (C=O) groups excluding carboxylic acids is 1. The molecule has 0 radical (unpaired) electrons. The molecule has 4 nitrogen and oxygen atoms in total. The largest absolute Gasteiger partial charge is 0.508 e. The van der Waals surface area contributed by atoms with Gasteiger partial charge >= 0.3 is 0 Å². The summed E-state index contributed by atoms with van der Waals surface area (Å²) in [6.07, 6.45) is 1.57. The molecule has 198 valence electrons. The van der Waals surface area contributed by atoms with Crippen LogP contribution >= 0.6 is 19.0 Å². The number of aromatic hydroxyl groups is 1. The van der Waals surface area contributed by atoms with E-state index >= 15 is 0 Å². The molecular weight excluding hydrogens is 503 g/mol. The fourth-order valence-electron chi connectivity index (χ4n) is 4.90. The molecule has 0 aliphatic carbocycles. The topological polar surface area (TPSA) is 63.6 Å². The van der Waals surface area contributed by atoms with Crippen molar-refractivity contribution in [3.05, 3.63) is 98.6 Å². The molecule has 0 aromatic heterocycles. The van der Waals surface area contributed by atoms with E-state index in [0.717, 1.165) is 39.8 Å². The van der Waals surface area contributed by atoms with Crippen LogP contribution in [0.15, 0.2) is 54.6 Å². The molecule has 0 spiro atoms. The summed E-state index contributed by atoms with van der Waals surface area (Å²) < 4.78 is 19.2. The minimum Gasteiger partial charge on any atom is -0.508 e. The van der Waals surface area contributed by atoms with Crippen LogP contribution in [0.3, 0.4) is 0 Å². The van der Waals surface area contributed by atoms with E-state index in [1.54, 1.807) is 31.8 Å². The number of phenolic OH excluding ortho intramolecular Hbond substituents is 1. The van der Waals surface area contributed by atoms with Crippen molar-refractivity contribution in [2.24, 2.45) is 0 Å². The van der Waals surface area contributed by atoms with Crippen molar-refractivity contribution in [1.82, 2.24) is 0 Å². The minimum absolute atomic E-state index is 0.0350. The van der Waals surface area contributed by atoms with Gasteiger partial charge in [0.05, 0.1) is 6.61 Å². The van der Waals surface area contributed by atoms with E-state index in [2.05, 4.69) is 45.9 Å². The van der Waals surface area contributed by atoms with Gasteiger partial charge in [-0.05, 0) is 96.7 Å². The Labute approximate surface area is 226 Å². The van der Waals surface area contributed by atoms with Gasteiger partial charge in [0.15, 0.2) is 0 Å². The van der Waals surface area contributed by atoms with Gasteiger partial charge in [0.2, 0.25) is 7.37 Å². The molecule has 0 fully saturated rings. The van der Waals surface area contributed by atoms with Crippen molar-refractivity contribution in [2.45, 2.75) is 65.5 Å². The van der Waals surface area contributed by atoms with Gasteiger partial charge in [-0.15, -0.1) is 0 Å². The number of phenols is 1. The lowest BCUT2D eigenvalue weighted by Gasteiger charge is -2.19. The molecule has 0 amide bonds. The number of rotatable bonds is 11. The average molecular weight is 541 g/mol. The molecule has 3 rings (SSSR count). The Hall–Kier alpha value is -2.39. The second-order valence-electron chi connectivity index (χ2n) is 10.4. The molecule has 3 aromatic carbocycles. The van der Waals surface area contributed by atoms with Crippen molar-refractivity contribution >= 4 is 24.8 Å². The van der Waals surface area contributed by atoms with Crippen LogP contribution in [0.1, 0.15) is 78.0 Å². The number of hydrogen-bond acceptors (Lipinski definition) is 4. The first-order valence-electron chi connectivity index (χ1n) is 12.7. The van der Waals surface area contributed by atoms with Crippen molar-refractivity contribution < 1.29 is 19.0 Å². The van der Waals surface area contributed by atoms with Gasteiger partial charge in [-0.1, -0.05) is 61.8 Å². The highest BCUT2D eigenvalue weighted by Gasteiger charge is 2.22. The number of benzene rings is 3. The highest BCUT2D eigenvalue weighted by atomic mass is 35.5. The standard InChI is InChI=1S/C31H38ClO4P/c1-20(2)29-16-24(10-11-31(29)34)17-30-21(3)14-25(15-22(30)4)19-37(6,35)36-13-12-28(23(5)33)26-8-7-9-27(32)18-26/h7-11,14-16,18,20,28,34H,12-13,17,19H2,1-6H3/t28-,37?/m1/s1. The molecule has 0 saturated heterocycles. The van der Waals surface area contributed by atoms with Crippen molar-refractivity contribution in [3.8, 4) is 5.75 Å². The zero-order chi connectivity index (χ0) is 27.3. The van der Waals surface area contributed by atoms with Gasteiger partial charge in [-0.3, -0.25) is 9.36 Å². The quantitative estimate of drug-likeness (QED) is 0.247.